The molecule has 1 heterocycles. The highest BCUT2D eigenvalue weighted by atomic mass is 16.6. The molecule has 0 fully saturated rings. The van der Waals surface area contributed by atoms with Gasteiger partial charge in [0.25, 0.3) is 0 Å². The van der Waals surface area contributed by atoms with Crippen LogP contribution in [0.3, 0.4) is 0 Å². The zero-order valence-corrected chi connectivity index (χ0v) is 13.5. The molecule has 0 spiro atoms. The summed E-state index contributed by atoms with van der Waals surface area (Å²) in [6, 6.07) is 0. The average Bonchev–Trinajstić information content (AvgIpc) is 2.48. The summed E-state index contributed by atoms with van der Waals surface area (Å²) in [5.74, 6) is -3.76. The van der Waals surface area contributed by atoms with E-state index in [1.165, 1.54) is 20.8 Å². The molecule has 0 amide bonds. The number of hydrogen-bond acceptors (Lipinski definition) is 8. The third-order valence-corrected chi connectivity index (χ3v) is 2.94. The molecule has 1 aliphatic heterocycles. The van der Waals surface area contributed by atoms with Gasteiger partial charge in [-0.25, -0.2) is 9.59 Å². The molecule has 0 aromatic heterocycles. The van der Waals surface area contributed by atoms with Crippen molar-refractivity contribution in [2.24, 2.45) is 0 Å². The molecule has 1 rings (SSSR count). The molecular weight excluding hydrogens is 320 g/mol. The van der Waals surface area contributed by atoms with E-state index < -0.39 is 47.8 Å². The molecule has 0 saturated carbocycles. The fraction of sp³-hybridized carbons (Fsp3) is 0.438. The van der Waals surface area contributed by atoms with Crippen molar-refractivity contribution in [1.29, 1.82) is 0 Å². The van der Waals surface area contributed by atoms with E-state index >= 15 is 0 Å². The van der Waals surface area contributed by atoms with Gasteiger partial charge in [0.05, 0.1) is 6.42 Å². The lowest BCUT2D eigenvalue weighted by atomic mass is 10.2. The number of carbonyl (C=O) groups excluding carboxylic acids is 5. The van der Waals surface area contributed by atoms with Crippen LogP contribution in [0.15, 0.2) is 24.3 Å². The molecule has 24 heavy (non-hydrogen) atoms. The van der Waals surface area contributed by atoms with Crippen molar-refractivity contribution >= 4 is 29.5 Å². The second-order valence-electron chi connectivity index (χ2n) is 5.13. The molecule has 0 saturated heterocycles. The first-order valence-corrected chi connectivity index (χ1v) is 7.23. The van der Waals surface area contributed by atoms with Gasteiger partial charge in [-0.05, 0) is 32.9 Å². The molecule has 8 nitrogen and oxygen atoms in total. The van der Waals surface area contributed by atoms with Gasteiger partial charge in [0.2, 0.25) is 0 Å². The highest BCUT2D eigenvalue weighted by molar-refractivity contribution is 6.01. The zero-order valence-electron chi connectivity index (χ0n) is 13.5. The number of cyclic esters (lactones) is 3. The minimum atomic E-state index is -1.14. The zero-order chi connectivity index (χ0) is 18.3. The van der Waals surface area contributed by atoms with Crippen molar-refractivity contribution in [3.05, 3.63) is 24.3 Å². The predicted octanol–water partition coefficient (Wildman–Crippen LogP) is 0.436. The first-order chi connectivity index (χ1) is 11.2. The quantitative estimate of drug-likeness (QED) is 0.462. The third-order valence-electron chi connectivity index (χ3n) is 2.94. The van der Waals surface area contributed by atoms with E-state index in [0.29, 0.717) is 0 Å². The maximum atomic E-state index is 11.7. The highest BCUT2D eigenvalue weighted by Gasteiger charge is 2.21. The normalized spacial score (nSPS) is 30.1. The van der Waals surface area contributed by atoms with E-state index in [9.17, 15) is 24.0 Å². The number of rotatable bonds is 0. The predicted molar refractivity (Wildman–Crippen MR) is 79.6 cm³/mol. The summed E-state index contributed by atoms with van der Waals surface area (Å²) in [6.07, 6.45) is 0.221. The molecular formula is C16H18O8. The second kappa shape index (κ2) is 8.76. The van der Waals surface area contributed by atoms with Crippen molar-refractivity contribution < 1.29 is 38.2 Å². The molecule has 8 heteroatoms. The molecule has 0 bridgehead atoms. The lowest BCUT2D eigenvalue weighted by molar-refractivity contribution is -0.157. The average molecular weight is 338 g/mol. The van der Waals surface area contributed by atoms with Gasteiger partial charge in [-0.15, -0.1) is 0 Å². The van der Waals surface area contributed by atoms with E-state index in [1.807, 2.05) is 0 Å². The second-order valence-corrected chi connectivity index (χ2v) is 5.13. The van der Waals surface area contributed by atoms with Crippen LogP contribution in [0.4, 0.5) is 0 Å². The smallest absolute Gasteiger partial charge is 0.331 e. The van der Waals surface area contributed by atoms with Crippen molar-refractivity contribution in [3.8, 4) is 0 Å². The van der Waals surface area contributed by atoms with E-state index in [2.05, 4.69) is 0 Å². The molecule has 1 unspecified atom stereocenters. The lowest BCUT2D eigenvalue weighted by Crippen LogP contribution is -2.27. The topological polar surface area (TPSA) is 113 Å². The van der Waals surface area contributed by atoms with Crippen LogP contribution in [-0.4, -0.2) is 47.8 Å². The van der Waals surface area contributed by atoms with Gasteiger partial charge in [-0.1, -0.05) is 0 Å². The Morgan fingerprint density at radius 2 is 1.17 bits per heavy atom. The van der Waals surface area contributed by atoms with Gasteiger partial charge in [-0.2, -0.15) is 0 Å². The highest BCUT2D eigenvalue weighted by Crippen LogP contribution is 2.06. The standard InChI is InChI=1S/C16H18O8/c1-9-8-16(21)24-11(3)13(18)5-7-15(20)23-10(2)12(17)4-6-14(19)22-9/h4-7,9-11H,8H2,1-3H3/b6-4+,7-5+/t9?,10-,11-/m0/s1. The number of ether oxygens (including phenoxy) is 3. The molecule has 0 aromatic carbocycles. The van der Waals surface area contributed by atoms with Crippen molar-refractivity contribution in [1.82, 2.24) is 0 Å². The van der Waals surface area contributed by atoms with Crippen LogP contribution >= 0.6 is 0 Å². The third kappa shape index (κ3) is 6.55. The lowest BCUT2D eigenvalue weighted by Gasteiger charge is -2.14. The molecule has 3 atom stereocenters. The van der Waals surface area contributed by atoms with Crippen molar-refractivity contribution in [2.75, 3.05) is 0 Å². The van der Waals surface area contributed by atoms with Crippen LogP contribution in [0.5, 0.6) is 0 Å². The van der Waals surface area contributed by atoms with E-state index in [1.54, 1.807) is 0 Å². The van der Waals surface area contributed by atoms with Crippen LogP contribution in [0, 0.1) is 0 Å². The monoisotopic (exact) mass is 338 g/mol. The van der Waals surface area contributed by atoms with Crippen LogP contribution < -0.4 is 0 Å². The van der Waals surface area contributed by atoms with Crippen LogP contribution in [-0.2, 0) is 38.2 Å². The molecule has 0 aromatic rings. The van der Waals surface area contributed by atoms with Crippen molar-refractivity contribution in [2.45, 2.75) is 45.5 Å². The van der Waals surface area contributed by atoms with Crippen molar-refractivity contribution in [3.63, 3.8) is 0 Å². The van der Waals surface area contributed by atoms with Gasteiger partial charge >= 0.3 is 17.9 Å². The summed E-state index contributed by atoms with van der Waals surface area (Å²) in [6.45, 7) is 4.13. The molecule has 130 valence electrons. The summed E-state index contributed by atoms with van der Waals surface area (Å²) in [4.78, 5) is 58.2. The Bertz CT molecular complexity index is 601. The fourth-order valence-corrected chi connectivity index (χ4v) is 1.66. The Kier molecular flexibility index (Phi) is 7.03. The summed E-state index contributed by atoms with van der Waals surface area (Å²) in [5.41, 5.74) is 0. The van der Waals surface area contributed by atoms with Crippen LogP contribution in [0.1, 0.15) is 27.2 Å². The summed E-state index contributed by atoms with van der Waals surface area (Å²) in [7, 11) is 0. The molecule has 0 aliphatic carbocycles. The maximum Gasteiger partial charge on any atom is 0.331 e. The van der Waals surface area contributed by atoms with Gasteiger partial charge in [-0.3, -0.25) is 14.4 Å². The van der Waals surface area contributed by atoms with Gasteiger partial charge in [0, 0.05) is 12.2 Å². The van der Waals surface area contributed by atoms with Crippen LogP contribution in [0.25, 0.3) is 0 Å². The van der Waals surface area contributed by atoms with E-state index in [-0.39, 0.29) is 6.42 Å². The number of hydrogen-bond donors (Lipinski definition) is 0. The van der Waals surface area contributed by atoms with Gasteiger partial charge in [0.15, 0.2) is 23.8 Å². The number of ketones is 2. The summed E-state index contributed by atoms with van der Waals surface area (Å²) < 4.78 is 14.6. The Morgan fingerprint density at radius 1 is 0.708 bits per heavy atom. The number of esters is 3. The van der Waals surface area contributed by atoms with Crippen LogP contribution in [0.2, 0.25) is 0 Å². The first kappa shape index (κ1) is 19.3. The van der Waals surface area contributed by atoms with E-state index in [0.717, 1.165) is 24.3 Å². The summed E-state index contributed by atoms with van der Waals surface area (Å²) >= 11 is 0. The molecule has 1 aliphatic rings. The maximum absolute atomic E-state index is 11.7. The Hall–Kier alpha value is -2.77. The Morgan fingerprint density at radius 3 is 1.71 bits per heavy atom. The Labute approximate surface area is 138 Å². The Balaban J connectivity index is 2.95. The first-order valence-electron chi connectivity index (χ1n) is 7.23. The van der Waals surface area contributed by atoms with E-state index in [4.69, 9.17) is 14.2 Å². The number of carbonyl (C=O) groups is 5. The minimum absolute atomic E-state index is 0.257. The fourth-order valence-electron chi connectivity index (χ4n) is 1.66. The molecule has 0 N–H and O–H groups in total. The largest absolute Gasteiger partial charge is 0.459 e. The summed E-state index contributed by atoms with van der Waals surface area (Å²) in [5, 5.41) is 0. The SMILES string of the molecule is CC1CC(=O)O[C@@H](C)C(=O)/C=C/C(=O)O[C@@H](C)C(=O)/C=C/C(=O)O1. The molecule has 0 radical (unpaired) electrons. The minimum Gasteiger partial charge on any atom is -0.459 e. The van der Waals surface area contributed by atoms with Gasteiger partial charge in [0.1, 0.15) is 6.10 Å². The van der Waals surface area contributed by atoms with Gasteiger partial charge < -0.3 is 14.2 Å².